The lowest BCUT2D eigenvalue weighted by molar-refractivity contribution is -0.106. The van der Waals surface area contributed by atoms with E-state index in [1.807, 2.05) is 36.4 Å². The number of carbonyl (C=O) groups excluding carboxylic acids is 1. The molecule has 2 aromatic carbocycles. The van der Waals surface area contributed by atoms with Crippen molar-refractivity contribution in [2.24, 2.45) is 0 Å². The van der Waals surface area contributed by atoms with Crippen LogP contribution in [0, 0.1) is 0 Å². The Kier molecular flexibility index (Phi) is 5.25. The fourth-order valence-electron chi connectivity index (χ4n) is 1.43. The third-order valence-corrected chi connectivity index (χ3v) is 3.88. The van der Waals surface area contributed by atoms with Crippen LogP contribution in [-0.2, 0) is 4.79 Å². The molecule has 0 radical (unpaired) electrons. The average Bonchev–Trinajstić information content (AvgIpc) is 2.39. The van der Waals surface area contributed by atoms with Crippen LogP contribution in [-0.4, -0.2) is 5.12 Å². The number of hydrogen-bond acceptors (Lipinski definition) is 2. The minimum Gasteiger partial charge on any atom is -0.282 e. The van der Waals surface area contributed by atoms with Gasteiger partial charge in [-0.05, 0) is 59.8 Å². The van der Waals surface area contributed by atoms with Gasteiger partial charge in [0.15, 0.2) is 0 Å². The summed E-state index contributed by atoms with van der Waals surface area (Å²) in [5.74, 6) is 0. The molecule has 0 bridgehead atoms. The van der Waals surface area contributed by atoms with Crippen molar-refractivity contribution in [2.45, 2.75) is 4.90 Å². The lowest BCUT2D eigenvalue weighted by atomic mass is 10.2. The summed E-state index contributed by atoms with van der Waals surface area (Å²) in [5, 5.41) is 0.656. The van der Waals surface area contributed by atoms with Crippen LogP contribution in [0.25, 0.3) is 6.08 Å². The second-order valence-electron chi connectivity index (χ2n) is 3.76. The van der Waals surface area contributed by atoms with Crippen LogP contribution in [0.15, 0.2) is 64.0 Å². The van der Waals surface area contributed by atoms with Crippen molar-refractivity contribution in [2.75, 3.05) is 0 Å². The minimum atomic E-state index is -0.0118. The second-order valence-corrected chi connectivity index (χ2v) is 6.19. The fraction of sp³-hybridized carbons (Fsp3) is 0. The molecule has 2 aromatic rings. The molecule has 0 spiro atoms. The maximum atomic E-state index is 11.8. The fourth-order valence-corrected chi connectivity index (χ4v) is 2.61. The Morgan fingerprint density at radius 2 is 1.89 bits per heavy atom. The Hall–Kier alpha value is -1.03. The van der Waals surface area contributed by atoms with E-state index in [0.29, 0.717) is 5.02 Å². The van der Waals surface area contributed by atoms with Crippen molar-refractivity contribution in [3.63, 3.8) is 0 Å². The summed E-state index contributed by atoms with van der Waals surface area (Å²) in [7, 11) is 0. The Labute approximate surface area is 129 Å². The van der Waals surface area contributed by atoms with Gasteiger partial charge in [-0.25, -0.2) is 0 Å². The molecule has 1 nitrogen and oxygen atoms in total. The SMILES string of the molecule is O=C(C=Cc1cccc(Br)c1)Sc1ccc(Cl)cc1. The van der Waals surface area contributed by atoms with Crippen molar-refractivity contribution in [3.05, 3.63) is 69.7 Å². The zero-order valence-corrected chi connectivity index (χ0v) is 13.0. The van der Waals surface area contributed by atoms with Crippen molar-refractivity contribution in [1.29, 1.82) is 0 Å². The highest BCUT2D eigenvalue weighted by molar-refractivity contribution is 9.10. The van der Waals surface area contributed by atoms with Gasteiger partial charge in [0.05, 0.1) is 0 Å². The van der Waals surface area contributed by atoms with Gasteiger partial charge in [0.2, 0.25) is 5.12 Å². The Morgan fingerprint density at radius 1 is 1.16 bits per heavy atom. The van der Waals surface area contributed by atoms with E-state index in [1.165, 1.54) is 11.8 Å². The standard InChI is InChI=1S/C15H10BrClOS/c16-12-3-1-2-11(10-12)4-9-15(18)19-14-7-5-13(17)6-8-14/h1-10H. The normalized spacial score (nSPS) is 10.8. The van der Waals surface area contributed by atoms with E-state index in [1.54, 1.807) is 24.3 Å². The lowest BCUT2D eigenvalue weighted by Crippen LogP contribution is -1.84. The number of thioether (sulfide) groups is 1. The first-order valence-electron chi connectivity index (χ1n) is 5.54. The summed E-state index contributed by atoms with van der Waals surface area (Å²) >= 11 is 10.4. The second kappa shape index (κ2) is 6.94. The van der Waals surface area contributed by atoms with E-state index < -0.39 is 0 Å². The minimum absolute atomic E-state index is 0.0118. The number of hydrogen-bond donors (Lipinski definition) is 0. The summed E-state index contributed by atoms with van der Waals surface area (Å²) in [4.78, 5) is 12.7. The van der Waals surface area contributed by atoms with E-state index in [-0.39, 0.29) is 5.12 Å². The van der Waals surface area contributed by atoms with Gasteiger partial charge in [0.25, 0.3) is 0 Å². The van der Waals surface area contributed by atoms with Gasteiger partial charge in [0, 0.05) is 14.4 Å². The largest absolute Gasteiger partial charge is 0.282 e. The summed E-state index contributed by atoms with van der Waals surface area (Å²) in [6.45, 7) is 0. The van der Waals surface area contributed by atoms with Crippen molar-refractivity contribution < 1.29 is 4.79 Å². The molecule has 0 unspecified atom stereocenters. The van der Waals surface area contributed by atoms with Crippen molar-refractivity contribution >= 4 is 50.5 Å². The summed E-state index contributed by atoms with van der Waals surface area (Å²) < 4.78 is 0.993. The predicted octanol–water partition coefficient (Wildman–Crippen LogP) is 5.43. The van der Waals surface area contributed by atoms with Crippen molar-refractivity contribution in [3.8, 4) is 0 Å². The summed E-state index contributed by atoms with van der Waals surface area (Å²) in [5.41, 5.74) is 0.986. The highest BCUT2D eigenvalue weighted by Crippen LogP contribution is 2.22. The molecular weight excluding hydrogens is 344 g/mol. The summed E-state index contributed by atoms with van der Waals surface area (Å²) in [6.07, 6.45) is 3.37. The Balaban J connectivity index is 1.99. The van der Waals surface area contributed by atoms with Crippen LogP contribution in [0.2, 0.25) is 5.02 Å². The van der Waals surface area contributed by atoms with Gasteiger partial charge in [-0.1, -0.05) is 45.7 Å². The van der Waals surface area contributed by atoms with Gasteiger partial charge in [0.1, 0.15) is 0 Å². The average molecular weight is 354 g/mol. The first-order valence-corrected chi connectivity index (χ1v) is 7.53. The Bertz CT molecular complexity index is 608. The zero-order chi connectivity index (χ0) is 13.7. The smallest absolute Gasteiger partial charge is 0.216 e. The molecule has 0 saturated heterocycles. The van der Waals surface area contributed by atoms with Crippen LogP contribution >= 0.6 is 39.3 Å². The number of halogens is 2. The van der Waals surface area contributed by atoms with E-state index in [2.05, 4.69) is 15.9 Å². The molecule has 0 aliphatic carbocycles. The van der Waals surface area contributed by atoms with Crippen LogP contribution < -0.4 is 0 Å². The van der Waals surface area contributed by atoms with Gasteiger partial charge in [-0.3, -0.25) is 4.79 Å². The third-order valence-electron chi connectivity index (χ3n) is 2.29. The third kappa shape index (κ3) is 4.86. The molecule has 0 atom stereocenters. The van der Waals surface area contributed by atoms with Crippen LogP contribution in [0.4, 0.5) is 0 Å². The van der Waals surface area contributed by atoms with Crippen LogP contribution in [0.3, 0.4) is 0 Å². The number of carbonyl (C=O) groups is 1. The number of rotatable bonds is 3. The predicted molar refractivity (Wildman–Crippen MR) is 85.5 cm³/mol. The monoisotopic (exact) mass is 352 g/mol. The van der Waals surface area contributed by atoms with Gasteiger partial charge in [-0.15, -0.1) is 0 Å². The van der Waals surface area contributed by atoms with Crippen LogP contribution in [0.5, 0.6) is 0 Å². The Morgan fingerprint density at radius 3 is 2.58 bits per heavy atom. The first-order chi connectivity index (χ1) is 9.13. The molecule has 19 heavy (non-hydrogen) atoms. The molecule has 0 aliphatic rings. The maximum absolute atomic E-state index is 11.8. The van der Waals surface area contributed by atoms with E-state index in [4.69, 9.17) is 11.6 Å². The molecule has 0 fully saturated rings. The lowest BCUT2D eigenvalue weighted by Gasteiger charge is -1.97. The molecule has 0 heterocycles. The number of benzene rings is 2. The molecule has 0 saturated carbocycles. The van der Waals surface area contributed by atoms with Gasteiger partial charge >= 0.3 is 0 Å². The maximum Gasteiger partial charge on any atom is 0.216 e. The molecule has 2 rings (SSSR count). The van der Waals surface area contributed by atoms with E-state index >= 15 is 0 Å². The van der Waals surface area contributed by atoms with Gasteiger partial charge in [-0.2, -0.15) is 0 Å². The van der Waals surface area contributed by atoms with Crippen LogP contribution in [0.1, 0.15) is 5.56 Å². The van der Waals surface area contributed by atoms with Gasteiger partial charge < -0.3 is 0 Å². The van der Waals surface area contributed by atoms with Crippen molar-refractivity contribution in [1.82, 2.24) is 0 Å². The molecule has 4 heteroatoms. The zero-order valence-electron chi connectivity index (χ0n) is 9.85. The van der Waals surface area contributed by atoms with E-state index in [0.717, 1.165) is 14.9 Å². The molecule has 0 N–H and O–H groups in total. The molecular formula is C15H10BrClOS. The summed E-state index contributed by atoms with van der Waals surface area (Å²) in [6, 6.07) is 15.0. The molecule has 0 aromatic heterocycles. The first kappa shape index (κ1) is 14.4. The quantitative estimate of drug-likeness (QED) is 0.540. The highest BCUT2D eigenvalue weighted by atomic mass is 79.9. The topological polar surface area (TPSA) is 17.1 Å². The molecule has 96 valence electrons. The highest BCUT2D eigenvalue weighted by Gasteiger charge is 2.00. The van der Waals surface area contributed by atoms with E-state index in [9.17, 15) is 4.79 Å². The molecule has 0 aliphatic heterocycles. The molecule has 0 amide bonds.